The Morgan fingerprint density at radius 1 is 1.04 bits per heavy atom. The molecule has 0 saturated carbocycles. The van der Waals surface area contributed by atoms with E-state index in [9.17, 15) is 4.79 Å². The molecule has 136 valence electrons. The first kappa shape index (κ1) is 19.4. The van der Waals surface area contributed by atoms with E-state index in [1.165, 1.54) is 0 Å². The van der Waals surface area contributed by atoms with Crippen molar-refractivity contribution in [3.8, 4) is 5.75 Å². The highest BCUT2D eigenvalue weighted by Crippen LogP contribution is 2.22. The van der Waals surface area contributed by atoms with Crippen molar-refractivity contribution in [3.05, 3.63) is 98.1 Å². The summed E-state index contributed by atoms with van der Waals surface area (Å²) in [5, 5.41) is 4.64. The van der Waals surface area contributed by atoms with Crippen LogP contribution in [-0.4, -0.2) is 12.1 Å². The van der Waals surface area contributed by atoms with Crippen LogP contribution in [0.2, 0.25) is 5.02 Å². The Bertz CT molecular complexity index is 958. The third-order valence-electron chi connectivity index (χ3n) is 3.72. The molecule has 0 spiro atoms. The van der Waals surface area contributed by atoms with Crippen LogP contribution in [-0.2, 0) is 6.61 Å². The lowest BCUT2D eigenvalue weighted by Gasteiger charge is -2.11. The van der Waals surface area contributed by atoms with Gasteiger partial charge in [-0.25, -0.2) is 5.43 Å². The Balaban J connectivity index is 1.66. The van der Waals surface area contributed by atoms with E-state index in [2.05, 4.69) is 33.1 Å². The van der Waals surface area contributed by atoms with Crippen molar-refractivity contribution in [3.63, 3.8) is 0 Å². The van der Waals surface area contributed by atoms with Crippen LogP contribution in [0, 0.1) is 3.57 Å². The van der Waals surface area contributed by atoms with Gasteiger partial charge in [0.2, 0.25) is 0 Å². The standard InChI is InChI=1S/C21H16ClIN2O2/c22-19-7-3-1-5-16(19)14-27-20-8-4-2-6-18(20)21(26)25-24-13-15-9-11-17(23)12-10-15/h1-13H,14H2,(H,25,26)/b24-13+. The highest BCUT2D eigenvalue weighted by Gasteiger charge is 2.12. The fourth-order valence-corrected chi connectivity index (χ4v) is 2.88. The van der Waals surface area contributed by atoms with Gasteiger partial charge >= 0.3 is 0 Å². The normalized spacial score (nSPS) is 10.7. The Kier molecular flexibility index (Phi) is 6.84. The van der Waals surface area contributed by atoms with Crippen LogP contribution in [0.3, 0.4) is 0 Å². The van der Waals surface area contributed by atoms with E-state index in [4.69, 9.17) is 16.3 Å². The number of rotatable bonds is 6. The van der Waals surface area contributed by atoms with Crippen LogP contribution in [0.1, 0.15) is 21.5 Å². The van der Waals surface area contributed by atoms with E-state index < -0.39 is 0 Å². The smallest absolute Gasteiger partial charge is 0.275 e. The molecule has 1 N–H and O–H groups in total. The first-order valence-corrected chi connectivity index (χ1v) is 9.63. The third kappa shape index (κ3) is 5.55. The molecule has 3 rings (SSSR count). The van der Waals surface area contributed by atoms with E-state index >= 15 is 0 Å². The van der Waals surface area contributed by atoms with Gasteiger partial charge in [0, 0.05) is 14.2 Å². The number of hydrogen-bond acceptors (Lipinski definition) is 3. The molecule has 3 aromatic rings. The number of nitrogens with one attached hydrogen (secondary N) is 1. The maximum Gasteiger partial charge on any atom is 0.275 e. The Labute approximate surface area is 176 Å². The zero-order chi connectivity index (χ0) is 19.1. The zero-order valence-corrected chi connectivity index (χ0v) is 17.1. The Hall–Kier alpha value is -2.38. The monoisotopic (exact) mass is 490 g/mol. The number of hydrazone groups is 1. The molecule has 0 aliphatic heterocycles. The summed E-state index contributed by atoms with van der Waals surface area (Å²) in [6.45, 7) is 0.274. The molecule has 0 saturated heterocycles. The predicted octanol–water partition coefficient (Wildman–Crippen LogP) is 5.29. The van der Waals surface area contributed by atoms with Gasteiger partial charge in [0.25, 0.3) is 5.91 Å². The molecule has 0 unspecified atom stereocenters. The lowest BCUT2D eigenvalue weighted by atomic mass is 10.2. The maximum absolute atomic E-state index is 12.5. The van der Waals surface area contributed by atoms with E-state index in [-0.39, 0.29) is 12.5 Å². The van der Waals surface area contributed by atoms with Crippen molar-refractivity contribution < 1.29 is 9.53 Å². The number of halogens is 2. The number of carbonyl (C=O) groups excluding carboxylic acids is 1. The summed E-state index contributed by atoms with van der Waals surface area (Å²) in [5.74, 6) is 0.130. The topological polar surface area (TPSA) is 50.7 Å². The lowest BCUT2D eigenvalue weighted by molar-refractivity contribution is 0.0950. The molecule has 0 aliphatic rings. The second-order valence-electron chi connectivity index (χ2n) is 5.63. The number of nitrogens with zero attached hydrogens (tertiary/aromatic N) is 1. The third-order valence-corrected chi connectivity index (χ3v) is 4.81. The molecule has 0 aliphatic carbocycles. The van der Waals surface area contributed by atoms with Crippen molar-refractivity contribution >= 4 is 46.3 Å². The van der Waals surface area contributed by atoms with Crippen molar-refractivity contribution in [2.24, 2.45) is 5.10 Å². The minimum atomic E-state index is -0.341. The SMILES string of the molecule is O=C(N/N=C/c1ccc(I)cc1)c1ccccc1OCc1ccccc1Cl. The van der Waals surface area contributed by atoms with Gasteiger partial charge in [-0.2, -0.15) is 5.10 Å². The average molecular weight is 491 g/mol. The summed E-state index contributed by atoms with van der Waals surface area (Å²) in [6, 6.07) is 22.3. The second-order valence-corrected chi connectivity index (χ2v) is 7.28. The van der Waals surface area contributed by atoms with E-state index in [1.54, 1.807) is 30.5 Å². The van der Waals surface area contributed by atoms with Crippen molar-refractivity contribution in [1.82, 2.24) is 5.43 Å². The van der Waals surface area contributed by atoms with Gasteiger partial charge in [0.15, 0.2) is 0 Å². The number of hydrogen-bond donors (Lipinski definition) is 1. The van der Waals surface area contributed by atoms with Gasteiger partial charge < -0.3 is 4.74 Å². The fraction of sp³-hybridized carbons (Fsp3) is 0.0476. The summed E-state index contributed by atoms with van der Waals surface area (Å²) in [7, 11) is 0. The predicted molar refractivity (Wildman–Crippen MR) is 116 cm³/mol. The van der Waals surface area contributed by atoms with Crippen LogP contribution in [0.4, 0.5) is 0 Å². The summed E-state index contributed by atoms with van der Waals surface area (Å²) in [5.41, 5.74) is 4.70. The molecule has 0 aromatic heterocycles. The second kappa shape index (κ2) is 9.53. The number of amides is 1. The maximum atomic E-state index is 12.5. The van der Waals surface area contributed by atoms with Crippen LogP contribution >= 0.6 is 34.2 Å². The van der Waals surface area contributed by atoms with Gasteiger partial charge in [0.05, 0.1) is 11.8 Å². The molecule has 0 radical (unpaired) electrons. The van der Waals surface area contributed by atoms with Crippen LogP contribution < -0.4 is 10.2 Å². The molecule has 1 amide bonds. The Morgan fingerprint density at radius 2 is 1.74 bits per heavy atom. The summed E-state index contributed by atoms with van der Waals surface area (Å²) in [6.07, 6.45) is 1.60. The van der Waals surface area contributed by atoms with Gasteiger partial charge in [-0.1, -0.05) is 54.1 Å². The molecule has 0 heterocycles. The van der Waals surface area contributed by atoms with Gasteiger partial charge in [0.1, 0.15) is 12.4 Å². The van der Waals surface area contributed by atoms with Gasteiger partial charge in [-0.3, -0.25) is 4.79 Å². The van der Waals surface area contributed by atoms with E-state index in [0.717, 1.165) is 14.7 Å². The molecular weight excluding hydrogens is 475 g/mol. The van der Waals surface area contributed by atoms with E-state index in [0.29, 0.717) is 16.3 Å². The number of para-hydroxylation sites is 1. The van der Waals surface area contributed by atoms with Crippen molar-refractivity contribution in [2.75, 3.05) is 0 Å². The quantitative estimate of drug-likeness (QED) is 0.290. The molecular formula is C21H16ClIN2O2. The number of carbonyl (C=O) groups is 1. The molecule has 0 atom stereocenters. The summed E-state index contributed by atoms with van der Waals surface area (Å²) < 4.78 is 6.94. The fourth-order valence-electron chi connectivity index (χ4n) is 2.33. The minimum absolute atomic E-state index is 0.274. The summed E-state index contributed by atoms with van der Waals surface area (Å²) in [4.78, 5) is 12.5. The van der Waals surface area contributed by atoms with Crippen molar-refractivity contribution in [2.45, 2.75) is 6.61 Å². The zero-order valence-electron chi connectivity index (χ0n) is 14.2. The molecule has 3 aromatic carbocycles. The van der Waals surface area contributed by atoms with Crippen LogP contribution in [0.5, 0.6) is 5.75 Å². The first-order chi connectivity index (χ1) is 13.1. The van der Waals surface area contributed by atoms with Gasteiger partial charge in [-0.05, 0) is 58.5 Å². The summed E-state index contributed by atoms with van der Waals surface area (Å²) >= 11 is 8.38. The first-order valence-electron chi connectivity index (χ1n) is 8.17. The van der Waals surface area contributed by atoms with Crippen molar-refractivity contribution in [1.29, 1.82) is 0 Å². The largest absolute Gasteiger partial charge is 0.488 e. The van der Waals surface area contributed by atoms with Crippen LogP contribution in [0.25, 0.3) is 0 Å². The number of benzene rings is 3. The average Bonchev–Trinajstić information content (AvgIpc) is 2.69. The minimum Gasteiger partial charge on any atom is -0.488 e. The lowest BCUT2D eigenvalue weighted by Crippen LogP contribution is -2.18. The molecule has 6 heteroatoms. The molecule has 0 bridgehead atoms. The highest BCUT2D eigenvalue weighted by atomic mass is 127. The molecule has 4 nitrogen and oxygen atoms in total. The van der Waals surface area contributed by atoms with E-state index in [1.807, 2.05) is 48.5 Å². The molecule has 27 heavy (non-hydrogen) atoms. The van der Waals surface area contributed by atoms with Gasteiger partial charge in [-0.15, -0.1) is 0 Å². The van der Waals surface area contributed by atoms with Crippen LogP contribution in [0.15, 0.2) is 77.9 Å². The molecule has 0 fully saturated rings. The Morgan fingerprint density at radius 3 is 2.52 bits per heavy atom. The highest BCUT2D eigenvalue weighted by molar-refractivity contribution is 14.1. The number of ether oxygens (including phenoxy) is 1.